The van der Waals surface area contributed by atoms with E-state index in [0.717, 1.165) is 17.2 Å². The van der Waals surface area contributed by atoms with Gasteiger partial charge in [0.2, 0.25) is 0 Å². The van der Waals surface area contributed by atoms with Gasteiger partial charge in [-0.05, 0) is 51.0 Å². The Kier molecular flexibility index (Phi) is 6.11. The molecule has 2 rings (SSSR count). The fraction of sp³-hybridized carbons (Fsp3) is 0.562. The van der Waals surface area contributed by atoms with Gasteiger partial charge in [-0.15, -0.1) is 0 Å². The lowest BCUT2D eigenvalue weighted by atomic mass is 10.2. The van der Waals surface area contributed by atoms with E-state index in [2.05, 4.69) is 10.6 Å². The Morgan fingerprint density at radius 2 is 1.90 bits per heavy atom. The van der Waals surface area contributed by atoms with Gasteiger partial charge >= 0.3 is 0 Å². The Morgan fingerprint density at radius 1 is 1.19 bits per heavy atom. The molecule has 2 N–H and O–H groups in total. The van der Waals surface area contributed by atoms with Gasteiger partial charge in [0.15, 0.2) is 5.11 Å². The standard InChI is InChI=1S/C16H24N2O2S/c1-3-19-13-9-10-15(20-4-2)14(11-13)18-16(21)17-12-7-5-6-8-12/h9-12H,3-8H2,1-2H3,(H2,17,18,21). The van der Waals surface area contributed by atoms with E-state index in [1.165, 1.54) is 25.7 Å². The van der Waals surface area contributed by atoms with Crippen LogP contribution in [-0.4, -0.2) is 24.4 Å². The Bertz CT molecular complexity index is 473. The lowest BCUT2D eigenvalue weighted by Crippen LogP contribution is -2.36. The molecule has 1 aliphatic rings. The Balaban J connectivity index is 2.04. The first-order valence-corrected chi connectivity index (χ1v) is 8.11. The predicted molar refractivity (Wildman–Crippen MR) is 90.4 cm³/mol. The van der Waals surface area contributed by atoms with Crippen LogP contribution in [0.25, 0.3) is 0 Å². The summed E-state index contributed by atoms with van der Waals surface area (Å²) < 4.78 is 11.2. The summed E-state index contributed by atoms with van der Waals surface area (Å²) in [5, 5.41) is 7.26. The molecule has 0 radical (unpaired) electrons. The van der Waals surface area contributed by atoms with E-state index in [0.29, 0.717) is 24.4 Å². The van der Waals surface area contributed by atoms with E-state index in [1.54, 1.807) is 0 Å². The summed E-state index contributed by atoms with van der Waals surface area (Å²) in [7, 11) is 0. The third-order valence-corrected chi connectivity index (χ3v) is 3.72. The fourth-order valence-corrected chi connectivity index (χ4v) is 2.84. The lowest BCUT2D eigenvalue weighted by Gasteiger charge is -2.18. The number of hydrogen-bond donors (Lipinski definition) is 2. The molecule has 0 aliphatic heterocycles. The monoisotopic (exact) mass is 308 g/mol. The van der Waals surface area contributed by atoms with Gasteiger partial charge in [0.1, 0.15) is 11.5 Å². The zero-order valence-corrected chi connectivity index (χ0v) is 13.6. The van der Waals surface area contributed by atoms with Crippen LogP contribution in [0.15, 0.2) is 18.2 Å². The first-order chi connectivity index (χ1) is 10.2. The van der Waals surface area contributed by atoms with Crippen molar-refractivity contribution in [3.63, 3.8) is 0 Å². The normalized spacial score (nSPS) is 14.8. The van der Waals surface area contributed by atoms with E-state index < -0.39 is 0 Å². The predicted octanol–water partition coefficient (Wildman–Crippen LogP) is 3.71. The molecule has 1 fully saturated rings. The summed E-state index contributed by atoms with van der Waals surface area (Å²) in [6.07, 6.45) is 4.95. The molecule has 5 heteroatoms. The van der Waals surface area contributed by atoms with Crippen molar-refractivity contribution in [3.05, 3.63) is 18.2 Å². The van der Waals surface area contributed by atoms with Crippen LogP contribution in [-0.2, 0) is 0 Å². The molecule has 0 atom stereocenters. The summed E-state index contributed by atoms with van der Waals surface area (Å²) in [4.78, 5) is 0. The summed E-state index contributed by atoms with van der Waals surface area (Å²) >= 11 is 5.41. The van der Waals surface area contributed by atoms with Crippen LogP contribution in [0.2, 0.25) is 0 Å². The number of benzene rings is 1. The number of anilines is 1. The minimum atomic E-state index is 0.496. The van der Waals surface area contributed by atoms with Crippen LogP contribution < -0.4 is 20.1 Å². The van der Waals surface area contributed by atoms with Gasteiger partial charge in [-0.25, -0.2) is 0 Å². The number of rotatable bonds is 6. The first-order valence-electron chi connectivity index (χ1n) is 7.70. The van der Waals surface area contributed by atoms with E-state index in [-0.39, 0.29) is 0 Å². The maximum Gasteiger partial charge on any atom is 0.171 e. The molecule has 0 bridgehead atoms. The van der Waals surface area contributed by atoms with Crippen molar-refractivity contribution in [2.24, 2.45) is 0 Å². The second kappa shape index (κ2) is 8.08. The molecule has 1 aliphatic carbocycles. The maximum absolute atomic E-state index is 5.64. The number of hydrogen-bond acceptors (Lipinski definition) is 3. The van der Waals surface area contributed by atoms with Crippen LogP contribution in [0.4, 0.5) is 5.69 Å². The summed E-state index contributed by atoms with van der Waals surface area (Å²) in [5.74, 6) is 1.60. The zero-order valence-electron chi connectivity index (χ0n) is 12.8. The van der Waals surface area contributed by atoms with Gasteiger partial charge in [-0.3, -0.25) is 0 Å². The van der Waals surface area contributed by atoms with Crippen LogP contribution in [0.1, 0.15) is 39.5 Å². The quantitative estimate of drug-likeness (QED) is 0.784. The number of thiocarbonyl (C=S) groups is 1. The molecular formula is C16H24N2O2S. The highest BCUT2D eigenvalue weighted by molar-refractivity contribution is 7.80. The third kappa shape index (κ3) is 4.77. The average Bonchev–Trinajstić information content (AvgIpc) is 2.95. The van der Waals surface area contributed by atoms with Crippen molar-refractivity contribution in [2.45, 2.75) is 45.6 Å². The molecule has 1 aromatic carbocycles. The Morgan fingerprint density at radius 3 is 2.57 bits per heavy atom. The molecule has 0 amide bonds. The summed E-state index contributed by atoms with van der Waals surface area (Å²) in [6, 6.07) is 6.25. The number of nitrogens with one attached hydrogen (secondary N) is 2. The van der Waals surface area contributed by atoms with Crippen molar-refractivity contribution < 1.29 is 9.47 Å². The highest BCUT2D eigenvalue weighted by Gasteiger charge is 2.16. The molecule has 0 aromatic heterocycles. The molecule has 4 nitrogen and oxygen atoms in total. The van der Waals surface area contributed by atoms with E-state index >= 15 is 0 Å². The second-order valence-electron chi connectivity index (χ2n) is 5.10. The fourth-order valence-electron chi connectivity index (χ4n) is 2.56. The van der Waals surface area contributed by atoms with Crippen molar-refractivity contribution >= 4 is 23.0 Å². The molecule has 0 heterocycles. The minimum absolute atomic E-state index is 0.496. The molecule has 1 saturated carbocycles. The van der Waals surface area contributed by atoms with Crippen LogP contribution >= 0.6 is 12.2 Å². The highest BCUT2D eigenvalue weighted by Crippen LogP contribution is 2.29. The highest BCUT2D eigenvalue weighted by atomic mass is 32.1. The van der Waals surface area contributed by atoms with Crippen molar-refractivity contribution in [3.8, 4) is 11.5 Å². The van der Waals surface area contributed by atoms with Crippen molar-refractivity contribution in [1.29, 1.82) is 0 Å². The van der Waals surface area contributed by atoms with Crippen molar-refractivity contribution in [1.82, 2.24) is 5.32 Å². The topological polar surface area (TPSA) is 42.5 Å². The Labute approximate surface area is 132 Å². The van der Waals surface area contributed by atoms with E-state index in [4.69, 9.17) is 21.7 Å². The molecule has 0 saturated heterocycles. The lowest BCUT2D eigenvalue weighted by molar-refractivity contribution is 0.332. The van der Waals surface area contributed by atoms with Gasteiger partial charge < -0.3 is 20.1 Å². The van der Waals surface area contributed by atoms with Crippen LogP contribution in [0.5, 0.6) is 11.5 Å². The van der Waals surface area contributed by atoms with Gasteiger partial charge in [0, 0.05) is 12.1 Å². The zero-order chi connectivity index (χ0) is 15.1. The largest absolute Gasteiger partial charge is 0.494 e. The summed E-state index contributed by atoms with van der Waals surface area (Å²) in [5.41, 5.74) is 0.846. The molecule has 0 unspecified atom stereocenters. The number of ether oxygens (including phenoxy) is 2. The van der Waals surface area contributed by atoms with Gasteiger partial charge in [0.25, 0.3) is 0 Å². The Hall–Kier alpha value is -1.49. The maximum atomic E-state index is 5.64. The molecule has 116 valence electrons. The van der Waals surface area contributed by atoms with Crippen LogP contribution in [0.3, 0.4) is 0 Å². The molecule has 21 heavy (non-hydrogen) atoms. The van der Waals surface area contributed by atoms with E-state index in [9.17, 15) is 0 Å². The van der Waals surface area contributed by atoms with Crippen molar-refractivity contribution in [2.75, 3.05) is 18.5 Å². The minimum Gasteiger partial charge on any atom is -0.494 e. The molecular weight excluding hydrogens is 284 g/mol. The second-order valence-corrected chi connectivity index (χ2v) is 5.51. The summed E-state index contributed by atoms with van der Waals surface area (Å²) in [6.45, 7) is 5.19. The SMILES string of the molecule is CCOc1ccc(OCC)c(NC(=S)NC2CCCC2)c1. The van der Waals surface area contributed by atoms with Crippen LogP contribution in [0, 0.1) is 0 Å². The molecule has 0 spiro atoms. The smallest absolute Gasteiger partial charge is 0.171 e. The van der Waals surface area contributed by atoms with E-state index in [1.807, 2.05) is 32.0 Å². The van der Waals surface area contributed by atoms with Gasteiger partial charge in [-0.2, -0.15) is 0 Å². The average molecular weight is 308 g/mol. The van der Waals surface area contributed by atoms with Gasteiger partial charge in [0.05, 0.1) is 18.9 Å². The molecule has 1 aromatic rings. The third-order valence-electron chi connectivity index (χ3n) is 3.50. The first kappa shape index (κ1) is 15.9. The van der Waals surface area contributed by atoms with Gasteiger partial charge in [-0.1, -0.05) is 12.8 Å².